The van der Waals surface area contributed by atoms with Gasteiger partial charge in [-0.3, -0.25) is 5.10 Å². The average Bonchev–Trinajstić information content (AvgIpc) is 2.74. The molecule has 1 aromatic heterocycles. The Kier molecular flexibility index (Phi) is 3.27. The fourth-order valence-electron chi connectivity index (χ4n) is 2.15. The molecule has 0 radical (unpaired) electrons. The van der Waals surface area contributed by atoms with Crippen LogP contribution in [0.2, 0.25) is 0 Å². The third-order valence-corrected chi connectivity index (χ3v) is 3.27. The van der Waals surface area contributed by atoms with Gasteiger partial charge in [-0.05, 0) is 23.5 Å². The Labute approximate surface area is 113 Å². The molecule has 1 aromatic carbocycles. The van der Waals surface area contributed by atoms with Crippen LogP contribution in [0.4, 0.5) is 5.82 Å². The Morgan fingerprint density at radius 3 is 2.42 bits per heavy atom. The molecule has 0 saturated carbocycles. The Morgan fingerprint density at radius 1 is 1.26 bits per heavy atom. The first-order chi connectivity index (χ1) is 8.82. The fourth-order valence-corrected chi connectivity index (χ4v) is 2.15. The van der Waals surface area contributed by atoms with Crippen molar-refractivity contribution in [2.45, 2.75) is 39.5 Å². The number of benzene rings is 1. The van der Waals surface area contributed by atoms with Crippen LogP contribution in [0.25, 0.3) is 11.3 Å². The molecule has 0 fully saturated rings. The molecule has 2 aromatic rings. The first-order valence-corrected chi connectivity index (χ1v) is 6.50. The highest BCUT2D eigenvalue weighted by Gasteiger charge is 2.22. The maximum atomic E-state index is 10.5. The number of nitrogens with two attached hydrogens (primary N) is 1. The van der Waals surface area contributed by atoms with Crippen molar-refractivity contribution in [3.63, 3.8) is 0 Å². The van der Waals surface area contributed by atoms with Crippen molar-refractivity contribution in [1.82, 2.24) is 10.2 Å². The summed E-state index contributed by atoms with van der Waals surface area (Å²) in [4.78, 5) is 0. The summed E-state index contributed by atoms with van der Waals surface area (Å²) in [7, 11) is 0. The van der Waals surface area contributed by atoms with Crippen LogP contribution in [-0.2, 0) is 11.8 Å². The molecule has 0 aliphatic heterocycles. The molecule has 4 heteroatoms. The summed E-state index contributed by atoms with van der Waals surface area (Å²) in [6.45, 7) is 8.37. The number of H-pyrrole nitrogens is 1. The number of nitrogens with one attached hydrogen (secondary N) is 1. The van der Waals surface area contributed by atoms with Gasteiger partial charge in [0, 0.05) is 17.2 Å². The zero-order valence-electron chi connectivity index (χ0n) is 11.9. The van der Waals surface area contributed by atoms with Gasteiger partial charge in [-0.1, -0.05) is 33.8 Å². The van der Waals surface area contributed by atoms with Crippen LogP contribution in [0.5, 0.6) is 5.75 Å². The third kappa shape index (κ3) is 2.57. The maximum Gasteiger partial charge on any atom is 0.145 e. The van der Waals surface area contributed by atoms with Crippen molar-refractivity contribution in [1.29, 1.82) is 0 Å². The van der Waals surface area contributed by atoms with E-state index in [1.165, 1.54) is 5.56 Å². The minimum atomic E-state index is -0.115. The summed E-state index contributed by atoms with van der Waals surface area (Å²) in [5.74, 6) is 0.724. The monoisotopic (exact) mass is 259 g/mol. The van der Waals surface area contributed by atoms with Crippen molar-refractivity contribution in [2.24, 2.45) is 0 Å². The SMILES string of the molecule is CCc1cc(-c2cc(N)n[nH]2)c(O)c(C(C)(C)C)c1. The molecular formula is C15H21N3O. The van der Waals surface area contributed by atoms with Gasteiger partial charge >= 0.3 is 0 Å². The van der Waals surface area contributed by atoms with Crippen molar-refractivity contribution in [3.05, 3.63) is 29.3 Å². The number of aryl methyl sites for hydroxylation is 1. The van der Waals surface area contributed by atoms with Gasteiger partial charge in [-0.25, -0.2) is 0 Å². The van der Waals surface area contributed by atoms with Crippen LogP contribution in [0.15, 0.2) is 18.2 Å². The molecular weight excluding hydrogens is 238 g/mol. The third-order valence-electron chi connectivity index (χ3n) is 3.27. The number of rotatable bonds is 2. The van der Waals surface area contributed by atoms with E-state index in [1.807, 2.05) is 6.07 Å². The summed E-state index contributed by atoms with van der Waals surface area (Å²) in [6.07, 6.45) is 0.917. The summed E-state index contributed by atoms with van der Waals surface area (Å²) in [5, 5.41) is 17.3. The second kappa shape index (κ2) is 4.61. The van der Waals surface area contributed by atoms with Gasteiger partial charge in [0.05, 0.1) is 5.69 Å². The zero-order valence-corrected chi connectivity index (χ0v) is 11.9. The Morgan fingerprint density at radius 2 is 1.95 bits per heavy atom. The number of hydrogen-bond acceptors (Lipinski definition) is 3. The molecule has 0 unspecified atom stereocenters. The van der Waals surface area contributed by atoms with E-state index < -0.39 is 0 Å². The number of hydrogen-bond donors (Lipinski definition) is 3. The number of aromatic hydroxyl groups is 1. The minimum Gasteiger partial charge on any atom is -0.507 e. The molecule has 0 aliphatic rings. The number of nitrogen functional groups attached to an aromatic ring is 1. The number of anilines is 1. The second-order valence-corrected chi connectivity index (χ2v) is 5.85. The van der Waals surface area contributed by atoms with E-state index >= 15 is 0 Å². The number of phenols is 1. The topological polar surface area (TPSA) is 74.9 Å². The standard InChI is InChI=1S/C15H21N3O/c1-5-9-6-10(12-8-13(16)18-17-12)14(19)11(7-9)15(2,3)4/h6-8,19H,5H2,1-4H3,(H3,16,17,18). The fraction of sp³-hybridized carbons (Fsp3) is 0.400. The highest BCUT2D eigenvalue weighted by Crippen LogP contribution is 2.39. The molecule has 0 spiro atoms. The molecule has 0 bridgehead atoms. The van der Waals surface area contributed by atoms with E-state index in [2.05, 4.69) is 44.0 Å². The maximum absolute atomic E-state index is 10.5. The van der Waals surface area contributed by atoms with E-state index in [0.29, 0.717) is 11.6 Å². The quantitative estimate of drug-likeness (QED) is 0.775. The van der Waals surface area contributed by atoms with Crippen molar-refractivity contribution in [3.8, 4) is 17.0 Å². The van der Waals surface area contributed by atoms with Crippen molar-refractivity contribution < 1.29 is 5.11 Å². The van der Waals surface area contributed by atoms with Gasteiger partial charge in [0.2, 0.25) is 0 Å². The average molecular weight is 259 g/mol. The lowest BCUT2D eigenvalue weighted by molar-refractivity contribution is 0.448. The molecule has 0 atom stereocenters. The molecule has 4 nitrogen and oxygen atoms in total. The molecule has 19 heavy (non-hydrogen) atoms. The largest absolute Gasteiger partial charge is 0.507 e. The van der Waals surface area contributed by atoms with Gasteiger partial charge in [0.25, 0.3) is 0 Å². The lowest BCUT2D eigenvalue weighted by Gasteiger charge is -2.23. The highest BCUT2D eigenvalue weighted by molar-refractivity contribution is 5.72. The number of nitrogens with zero attached hydrogens (tertiary/aromatic N) is 1. The number of phenolic OH excluding ortho intramolecular Hbond substituents is 1. The Hall–Kier alpha value is -1.97. The minimum absolute atomic E-state index is 0.115. The molecule has 102 valence electrons. The Bertz CT molecular complexity index is 594. The van der Waals surface area contributed by atoms with Crippen molar-refractivity contribution >= 4 is 5.82 Å². The van der Waals surface area contributed by atoms with Crippen molar-refractivity contribution in [2.75, 3.05) is 5.73 Å². The van der Waals surface area contributed by atoms with Crippen LogP contribution in [0.1, 0.15) is 38.8 Å². The van der Waals surface area contributed by atoms with E-state index in [0.717, 1.165) is 23.2 Å². The molecule has 0 amide bonds. The van der Waals surface area contributed by atoms with Gasteiger partial charge in [0.15, 0.2) is 0 Å². The van der Waals surface area contributed by atoms with E-state index in [1.54, 1.807) is 6.07 Å². The molecule has 1 heterocycles. The van der Waals surface area contributed by atoms with E-state index in [9.17, 15) is 5.11 Å². The van der Waals surface area contributed by atoms with Gasteiger partial charge in [0.1, 0.15) is 11.6 Å². The van der Waals surface area contributed by atoms with E-state index in [-0.39, 0.29) is 5.41 Å². The van der Waals surface area contributed by atoms with Gasteiger partial charge in [-0.15, -0.1) is 0 Å². The molecule has 2 rings (SSSR count). The zero-order chi connectivity index (χ0) is 14.2. The molecule has 0 aliphatic carbocycles. The molecule has 4 N–H and O–H groups in total. The lowest BCUT2D eigenvalue weighted by atomic mass is 9.83. The summed E-state index contributed by atoms with van der Waals surface area (Å²) in [6, 6.07) is 5.79. The molecule has 0 saturated heterocycles. The summed E-state index contributed by atoms with van der Waals surface area (Å²) < 4.78 is 0. The Balaban J connectivity index is 2.67. The van der Waals surface area contributed by atoms with Crippen LogP contribution in [0, 0.1) is 0 Å². The first-order valence-electron chi connectivity index (χ1n) is 6.50. The summed E-state index contributed by atoms with van der Waals surface area (Å²) in [5.41, 5.74) is 9.15. The summed E-state index contributed by atoms with van der Waals surface area (Å²) >= 11 is 0. The lowest BCUT2D eigenvalue weighted by Crippen LogP contribution is -2.12. The van der Waals surface area contributed by atoms with Gasteiger partial charge in [-0.2, -0.15) is 5.10 Å². The van der Waals surface area contributed by atoms with E-state index in [4.69, 9.17) is 5.73 Å². The van der Waals surface area contributed by atoms with Crippen LogP contribution >= 0.6 is 0 Å². The van der Waals surface area contributed by atoms with Crippen LogP contribution < -0.4 is 5.73 Å². The number of aromatic amines is 1. The highest BCUT2D eigenvalue weighted by atomic mass is 16.3. The smallest absolute Gasteiger partial charge is 0.145 e. The predicted octanol–water partition coefficient (Wildman–Crippen LogP) is 3.22. The van der Waals surface area contributed by atoms with Gasteiger partial charge < -0.3 is 10.8 Å². The van der Waals surface area contributed by atoms with Crippen LogP contribution in [-0.4, -0.2) is 15.3 Å². The second-order valence-electron chi connectivity index (χ2n) is 5.85. The van der Waals surface area contributed by atoms with Crippen LogP contribution in [0.3, 0.4) is 0 Å². The number of aromatic nitrogens is 2. The predicted molar refractivity (Wildman–Crippen MR) is 78.2 cm³/mol. The first kappa shape index (κ1) is 13.5. The normalized spacial score (nSPS) is 11.8.